The Morgan fingerprint density at radius 1 is 1.27 bits per heavy atom. The van der Waals surface area contributed by atoms with Gasteiger partial charge in [-0.05, 0) is 12.1 Å². The molecule has 3 atom stereocenters. The SMILES string of the molecule is COc1ccccc1N1CC2[C@H](C1)C2(OC(N)=O)C(C)(C)C. The number of methoxy groups -OCH3 is 1. The van der Waals surface area contributed by atoms with Crippen LogP contribution in [0.15, 0.2) is 24.3 Å². The van der Waals surface area contributed by atoms with Crippen LogP contribution in [0.25, 0.3) is 0 Å². The predicted octanol–water partition coefficient (Wildman–Crippen LogP) is 2.64. The number of rotatable bonds is 3. The van der Waals surface area contributed by atoms with E-state index in [0.717, 1.165) is 24.5 Å². The number of primary amides is 1. The molecule has 0 aromatic heterocycles. The highest BCUT2D eigenvalue weighted by molar-refractivity contribution is 5.67. The summed E-state index contributed by atoms with van der Waals surface area (Å²) in [5, 5.41) is 0. The number of amides is 1. The minimum atomic E-state index is -0.673. The molecule has 1 aromatic carbocycles. The monoisotopic (exact) mass is 304 g/mol. The third-order valence-electron chi connectivity index (χ3n) is 5.18. The number of benzene rings is 1. The first kappa shape index (κ1) is 15.0. The highest BCUT2D eigenvalue weighted by atomic mass is 16.6. The summed E-state index contributed by atoms with van der Waals surface area (Å²) in [7, 11) is 1.69. The smallest absolute Gasteiger partial charge is 0.405 e. The van der Waals surface area contributed by atoms with Crippen LogP contribution in [-0.2, 0) is 4.74 Å². The molecular weight excluding hydrogens is 280 g/mol. The summed E-state index contributed by atoms with van der Waals surface area (Å²) in [6, 6.07) is 8.01. The van der Waals surface area contributed by atoms with Crippen molar-refractivity contribution in [3.63, 3.8) is 0 Å². The van der Waals surface area contributed by atoms with Crippen LogP contribution in [0.4, 0.5) is 10.5 Å². The summed E-state index contributed by atoms with van der Waals surface area (Å²) in [6.07, 6.45) is -0.673. The lowest BCUT2D eigenvalue weighted by Gasteiger charge is -2.36. The fourth-order valence-electron chi connectivity index (χ4n) is 4.26. The van der Waals surface area contributed by atoms with E-state index in [4.69, 9.17) is 15.2 Å². The van der Waals surface area contributed by atoms with Gasteiger partial charge in [0.2, 0.25) is 0 Å². The van der Waals surface area contributed by atoms with Gasteiger partial charge in [0.1, 0.15) is 11.4 Å². The molecule has 2 aliphatic rings. The summed E-state index contributed by atoms with van der Waals surface area (Å²) >= 11 is 0. The van der Waals surface area contributed by atoms with E-state index in [-0.39, 0.29) is 5.41 Å². The molecule has 2 N–H and O–H groups in total. The third-order valence-corrected chi connectivity index (χ3v) is 5.18. The van der Waals surface area contributed by atoms with Crippen molar-refractivity contribution in [1.29, 1.82) is 0 Å². The molecule has 1 saturated heterocycles. The lowest BCUT2D eigenvalue weighted by atomic mass is 9.83. The number of nitrogens with zero attached hydrogens (tertiary/aromatic N) is 1. The number of hydrogen-bond acceptors (Lipinski definition) is 4. The van der Waals surface area contributed by atoms with Gasteiger partial charge in [0.05, 0.1) is 12.8 Å². The minimum absolute atomic E-state index is 0.121. The third kappa shape index (κ3) is 2.02. The molecule has 3 rings (SSSR count). The van der Waals surface area contributed by atoms with Gasteiger partial charge in [-0.25, -0.2) is 4.79 Å². The molecule has 0 bridgehead atoms. The lowest BCUT2D eigenvalue weighted by Crippen LogP contribution is -2.44. The van der Waals surface area contributed by atoms with Crippen LogP contribution in [0.1, 0.15) is 20.8 Å². The Bertz CT molecular complexity index is 582. The fraction of sp³-hybridized carbons (Fsp3) is 0.588. The van der Waals surface area contributed by atoms with Crippen molar-refractivity contribution in [2.75, 3.05) is 25.1 Å². The van der Waals surface area contributed by atoms with E-state index in [0.29, 0.717) is 11.8 Å². The number of nitrogens with two attached hydrogens (primary N) is 1. The van der Waals surface area contributed by atoms with Crippen LogP contribution in [0, 0.1) is 17.3 Å². The first-order chi connectivity index (χ1) is 10.3. The highest BCUT2D eigenvalue weighted by Gasteiger charge is 2.76. The van der Waals surface area contributed by atoms with Gasteiger partial charge < -0.3 is 20.1 Å². The van der Waals surface area contributed by atoms with E-state index in [2.05, 4.69) is 31.7 Å². The van der Waals surface area contributed by atoms with E-state index in [1.807, 2.05) is 18.2 Å². The van der Waals surface area contributed by atoms with Gasteiger partial charge in [-0.2, -0.15) is 0 Å². The molecule has 1 amide bonds. The van der Waals surface area contributed by atoms with E-state index >= 15 is 0 Å². The molecule has 0 spiro atoms. The minimum Gasteiger partial charge on any atom is -0.495 e. The Balaban J connectivity index is 1.81. The number of carbonyl (C=O) groups is 1. The van der Waals surface area contributed by atoms with E-state index in [1.165, 1.54) is 0 Å². The van der Waals surface area contributed by atoms with Gasteiger partial charge in [0, 0.05) is 30.3 Å². The molecule has 120 valence electrons. The van der Waals surface area contributed by atoms with Crippen LogP contribution in [-0.4, -0.2) is 31.9 Å². The molecule has 1 aliphatic heterocycles. The average molecular weight is 304 g/mol. The van der Waals surface area contributed by atoms with Crippen LogP contribution in [0.5, 0.6) is 5.75 Å². The van der Waals surface area contributed by atoms with Crippen LogP contribution in [0.3, 0.4) is 0 Å². The van der Waals surface area contributed by atoms with Gasteiger partial charge >= 0.3 is 6.09 Å². The van der Waals surface area contributed by atoms with Crippen molar-refractivity contribution in [2.24, 2.45) is 23.0 Å². The van der Waals surface area contributed by atoms with Gasteiger partial charge in [0.15, 0.2) is 0 Å². The average Bonchev–Trinajstić information content (AvgIpc) is 2.84. The number of carbonyl (C=O) groups excluding carboxylic acids is 1. The van der Waals surface area contributed by atoms with E-state index < -0.39 is 11.7 Å². The number of ether oxygens (including phenoxy) is 2. The fourth-order valence-corrected chi connectivity index (χ4v) is 4.26. The van der Waals surface area contributed by atoms with E-state index in [9.17, 15) is 4.79 Å². The van der Waals surface area contributed by atoms with Crippen molar-refractivity contribution < 1.29 is 14.3 Å². The highest BCUT2D eigenvalue weighted by Crippen LogP contribution is 2.66. The molecule has 0 radical (unpaired) electrons. The molecule has 22 heavy (non-hydrogen) atoms. The maximum atomic E-state index is 11.4. The molecule has 2 unspecified atom stereocenters. The number of para-hydroxylation sites is 2. The molecule has 1 heterocycles. The Morgan fingerprint density at radius 3 is 2.36 bits per heavy atom. The quantitative estimate of drug-likeness (QED) is 0.932. The van der Waals surface area contributed by atoms with Crippen molar-refractivity contribution in [2.45, 2.75) is 26.4 Å². The van der Waals surface area contributed by atoms with Gasteiger partial charge in [-0.1, -0.05) is 32.9 Å². The molecular formula is C17H24N2O3. The van der Waals surface area contributed by atoms with Gasteiger partial charge in [-0.3, -0.25) is 0 Å². The zero-order chi connectivity index (χ0) is 16.1. The maximum Gasteiger partial charge on any atom is 0.405 e. The summed E-state index contributed by atoms with van der Waals surface area (Å²) in [4.78, 5) is 13.7. The molecule has 2 fully saturated rings. The molecule has 5 heteroatoms. The number of hydrogen-bond donors (Lipinski definition) is 1. The van der Waals surface area contributed by atoms with Crippen molar-refractivity contribution in [1.82, 2.24) is 0 Å². The first-order valence-electron chi connectivity index (χ1n) is 7.67. The molecule has 1 aliphatic carbocycles. The van der Waals surface area contributed by atoms with Gasteiger partial charge in [-0.15, -0.1) is 0 Å². The zero-order valence-corrected chi connectivity index (χ0v) is 13.6. The van der Waals surface area contributed by atoms with Crippen LogP contribution in [0.2, 0.25) is 0 Å². The number of piperidine rings is 1. The second-order valence-electron chi connectivity index (χ2n) is 7.25. The van der Waals surface area contributed by atoms with Crippen molar-refractivity contribution in [3.05, 3.63) is 24.3 Å². The molecule has 5 nitrogen and oxygen atoms in total. The second kappa shape index (κ2) is 4.80. The number of fused-ring (bicyclic) bond motifs is 1. The molecule has 1 saturated carbocycles. The lowest BCUT2D eigenvalue weighted by molar-refractivity contribution is -0.00872. The molecule has 1 aromatic rings. The summed E-state index contributed by atoms with van der Waals surface area (Å²) in [6.45, 7) is 8.05. The van der Waals surface area contributed by atoms with Crippen LogP contribution < -0.4 is 15.4 Å². The normalized spacial score (nSPS) is 29.9. The van der Waals surface area contributed by atoms with E-state index in [1.54, 1.807) is 7.11 Å². The Kier molecular flexibility index (Phi) is 3.27. The van der Waals surface area contributed by atoms with Gasteiger partial charge in [0.25, 0.3) is 0 Å². The number of anilines is 1. The van der Waals surface area contributed by atoms with Crippen molar-refractivity contribution >= 4 is 11.8 Å². The first-order valence-corrected chi connectivity index (χ1v) is 7.67. The summed E-state index contributed by atoms with van der Waals surface area (Å²) in [5.41, 5.74) is 5.86. The zero-order valence-electron chi connectivity index (χ0n) is 13.6. The summed E-state index contributed by atoms with van der Waals surface area (Å²) in [5.74, 6) is 1.52. The standard InChI is InChI=1S/C17H24N2O3/c1-16(2,3)17(22-15(18)20)11-9-19(10-12(11)17)13-7-5-6-8-14(13)21-4/h5-8,11-12H,9-10H2,1-4H3,(H2,18,20)/t11-,12?,17?/m0/s1. The topological polar surface area (TPSA) is 64.8 Å². The Hall–Kier alpha value is -1.91. The Morgan fingerprint density at radius 2 is 1.86 bits per heavy atom. The summed E-state index contributed by atoms with van der Waals surface area (Å²) < 4.78 is 11.0. The predicted molar refractivity (Wildman–Crippen MR) is 85.0 cm³/mol. The Labute approximate surface area is 131 Å². The van der Waals surface area contributed by atoms with Crippen molar-refractivity contribution in [3.8, 4) is 5.75 Å². The van der Waals surface area contributed by atoms with Crippen LogP contribution >= 0.6 is 0 Å². The second-order valence-corrected chi connectivity index (χ2v) is 7.25. The maximum absolute atomic E-state index is 11.4. The largest absolute Gasteiger partial charge is 0.495 e.